The van der Waals surface area contributed by atoms with Gasteiger partial charge in [-0.05, 0) is 69.4 Å². The molecule has 146 valence electrons. The van der Waals surface area contributed by atoms with Crippen LogP contribution in [0.3, 0.4) is 0 Å². The van der Waals surface area contributed by atoms with Crippen molar-refractivity contribution in [1.82, 2.24) is 5.32 Å². The largest absolute Gasteiger partial charge is 0.353 e. The Bertz CT molecular complexity index is 760. The van der Waals surface area contributed by atoms with Crippen LogP contribution in [0.4, 0.5) is 11.4 Å². The molecular weight excluding hydrogens is 330 g/mol. The maximum Gasteiger partial charge on any atom is 0.204 e. The van der Waals surface area contributed by atoms with Gasteiger partial charge in [-0.3, -0.25) is 0 Å². The van der Waals surface area contributed by atoms with Crippen LogP contribution in [-0.4, -0.2) is 18.0 Å². The Morgan fingerprint density at radius 3 is 2.26 bits per heavy atom. The van der Waals surface area contributed by atoms with Crippen molar-refractivity contribution in [3.63, 3.8) is 0 Å². The van der Waals surface area contributed by atoms with Crippen molar-refractivity contribution in [2.75, 3.05) is 4.90 Å². The van der Waals surface area contributed by atoms with Crippen LogP contribution in [0.2, 0.25) is 0 Å². The molecule has 0 atom stereocenters. The molecule has 0 radical (unpaired) electrons. The van der Waals surface area contributed by atoms with E-state index >= 15 is 0 Å². The van der Waals surface area contributed by atoms with E-state index in [1.165, 1.54) is 16.8 Å². The zero-order valence-corrected chi connectivity index (χ0v) is 18.0. The topological polar surface area (TPSA) is 27.6 Å². The molecule has 0 saturated heterocycles. The molecule has 0 amide bonds. The van der Waals surface area contributed by atoms with Gasteiger partial charge < -0.3 is 10.2 Å². The number of benzene rings is 2. The van der Waals surface area contributed by atoms with E-state index in [9.17, 15) is 0 Å². The van der Waals surface area contributed by atoms with Crippen LogP contribution in [0, 0.1) is 0 Å². The summed E-state index contributed by atoms with van der Waals surface area (Å²) >= 11 is 0. The molecule has 0 unspecified atom stereocenters. The second kappa shape index (κ2) is 9.59. The fraction of sp³-hybridized carbons (Fsp3) is 0.458. The molecule has 0 bridgehead atoms. The number of hydrogen-bond acceptors (Lipinski definition) is 1. The van der Waals surface area contributed by atoms with Crippen molar-refractivity contribution in [2.45, 2.75) is 72.9 Å². The van der Waals surface area contributed by atoms with Crippen molar-refractivity contribution in [2.24, 2.45) is 4.99 Å². The monoisotopic (exact) mass is 365 g/mol. The molecule has 0 spiro atoms. The lowest BCUT2D eigenvalue weighted by Gasteiger charge is -2.32. The third kappa shape index (κ3) is 5.59. The Morgan fingerprint density at radius 2 is 1.67 bits per heavy atom. The minimum absolute atomic E-state index is 0.285. The lowest BCUT2D eigenvalue weighted by molar-refractivity contribution is 0.697. The molecule has 2 aromatic rings. The van der Waals surface area contributed by atoms with Gasteiger partial charge in [0.05, 0.1) is 5.69 Å². The minimum atomic E-state index is 0.285. The van der Waals surface area contributed by atoms with Crippen LogP contribution < -0.4 is 10.2 Å². The molecule has 0 aliphatic carbocycles. The van der Waals surface area contributed by atoms with Crippen LogP contribution >= 0.6 is 0 Å². The lowest BCUT2D eigenvalue weighted by Crippen LogP contribution is -2.47. The zero-order chi connectivity index (χ0) is 20.0. The molecule has 0 aliphatic rings. The van der Waals surface area contributed by atoms with E-state index in [0.717, 1.165) is 18.1 Å². The predicted octanol–water partition coefficient (Wildman–Crippen LogP) is 6.27. The summed E-state index contributed by atoms with van der Waals surface area (Å²) in [6.07, 6.45) is 1.03. The first-order valence-corrected chi connectivity index (χ1v) is 10.2. The van der Waals surface area contributed by atoms with E-state index in [1.54, 1.807) is 0 Å². The fourth-order valence-electron chi connectivity index (χ4n) is 3.20. The summed E-state index contributed by atoms with van der Waals surface area (Å²) in [5.41, 5.74) is 4.82. The molecule has 0 heterocycles. The van der Waals surface area contributed by atoms with E-state index in [4.69, 9.17) is 4.99 Å². The van der Waals surface area contributed by atoms with Crippen molar-refractivity contribution in [3.05, 3.63) is 59.7 Å². The number of aliphatic imine (C=N–C) groups is 1. The van der Waals surface area contributed by atoms with Crippen LogP contribution in [0.5, 0.6) is 0 Å². The number of nitrogens with one attached hydrogen (secondary N) is 1. The lowest BCUT2D eigenvalue weighted by atomic mass is 10.0. The van der Waals surface area contributed by atoms with Crippen molar-refractivity contribution >= 4 is 17.3 Å². The predicted molar refractivity (Wildman–Crippen MR) is 119 cm³/mol. The Hall–Kier alpha value is -2.29. The van der Waals surface area contributed by atoms with Gasteiger partial charge in [0.15, 0.2) is 0 Å². The second-order valence-corrected chi connectivity index (χ2v) is 7.94. The molecule has 0 saturated carbocycles. The van der Waals surface area contributed by atoms with E-state index in [1.807, 2.05) is 0 Å². The normalized spacial score (nSPS) is 12.1. The molecule has 1 N–H and O–H groups in total. The first kappa shape index (κ1) is 21.0. The van der Waals surface area contributed by atoms with Gasteiger partial charge in [0.1, 0.15) is 0 Å². The number of aryl methyl sites for hydroxylation is 1. The highest BCUT2D eigenvalue weighted by atomic mass is 15.3. The van der Waals surface area contributed by atoms with Crippen molar-refractivity contribution in [3.8, 4) is 0 Å². The van der Waals surface area contributed by atoms with Gasteiger partial charge in [-0.1, -0.05) is 51.1 Å². The highest BCUT2D eigenvalue weighted by Gasteiger charge is 2.19. The summed E-state index contributed by atoms with van der Waals surface area (Å²) in [5, 5.41) is 3.59. The second-order valence-electron chi connectivity index (χ2n) is 7.94. The SMILES string of the molecule is CCc1cccc(N(C(=Nc2ccccc2C(C)C)NC(C)C)C(C)C)c1. The van der Waals surface area contributed by atoms with Crippen molar-refractivity contribution in [1.29, 1.82) is 0 Å². The van der Waals surface area contributed by atoms with Crippen molar-refractivity contribution < 1.29 is 0 Å². The molecule has 0 fully saturated rings. The summed E-state index contributed by atoms with van der Waals surface area (Å²) in [6.45, 7) is 15.4. The van der Waals surface area contributed by atoms with E-state index in [2.05, 4.69) is 107 Å². The fourth-order valence-corrected chi connectivity index (χ4v) is 3.20. The van der Waals surface area contributed by atoms with Gasteiger partial charge in [0.2, 0.25) is 5.96 Å². The van der Waals surface area contributed by atoms with Gasteiger partial charge in [-0.25, -0.2) is 4.99 Å². The molecule has 3 heteroatoms. The Morgan fingerprint density at radius 1 is 0.963 bits per heavy atom. The number of hydrogen-bond donors (Lipinski definition) is 1. The molecule has 3 nitrogen and oxygen atoms in total. The Kier molecular flexibility index (Phi) is 7.46. The van der Waals surface area contributed by atoms with Crippen LogP contribution in [0.25, 0.3) is 0 Å². The van der Waals surface area contributed by atoms with Crippen LogP contribution in [-0.2, 0) is 6.42 Å². The van der Waals surface area contributed by atoms with Gasteiger partial charge in [0.25, 0.3) is 0 Å². The highest BCUT2D eigenvalue weighted by molar-refractivity contribution is 5.98. The number of rotatable bonds is 6. The molecule has 2 aromatic carbocycles. The zero-order valence-electron chi connectivity index (χ0n) is 18.0. The average molecular weight is 366 g/mol. The average Bonchev–Trinajstić information content (AvgIpc) is 2.61. The summed E-state index contributed by atoms with van der Waals surface area (Å²) in [7, 11) is 0. The Labute approximate surface area is 165 Å². The summed E-state index contributed by atoms with van der Waals surface area (Å²) in [4.78, 5) is 7.41. The van der Waals surface area contributed by atoms with Gasteiger partial charge in [-0.2, -0.15) is 0 Å². The molecule has 2 rings (SSSR count). The van der Waals surface area contributed by atoms with Gasteiger partial charge in [0, 0.05) is 17.8 Å². The maximum absolute atomic E-state index is 5.10. The van der Waals surface area contributed by atoms with Crippen LogP contribution in [0.15, 0.2) is 53.5 Å². The summed E-state index contributed by atoms with van der Waals surface area (Å²) < 4.78 is 0. The third-order valence-electron chi connectivity index (χ3n) is 4.54. The Balaban J connectivity index is 2.58. The smallest absolute Gasteiger partial charge is 0.204 e. The maximum atomic E-state index is 5.10. The number of para-hydroxylation sites is 1. The van der Waals surface area contributed by atoms with E-state index in [0.29, 0.717) is 12.0 Å². The number of anilines is 1. The standard InChI is InChI=1S/C24H35N3/c1-8-20-12-11-13-21(16-20)27(19(6)7)24(25-18(4)5)26-23-15-10-9-14-22(23)17(2)3/h9-19H,8H2,1-7H3,(H,25,26). The molecule has 0 aromatic heterocycles. The first-order chi connectivity index (χ1) is 12.8. The summed E-state index contributed by atoms with van der Waals surface area (Å²) in [6, 6.07) is 17.8. The van der Waals surface area contributed by atoms with Crippen LogP contribution in [0.1, 0.15) is 65.5 Å². The highest BCUT2D eigenvalue weighted by Crippen LogP contribution is 2.28. The molecule has 0 aliphatic heterocycles. The summed E-state index contributed by atoms with van der Waals surface area (Å²) in [5.74, 6) is 1.34. The van der Waals surface area contributed by atoms with E-state index < -0.39 is 0 Å². The molecule has 27 heavy (non-hydrogen) atoms. The first-order valence-electron chi connectivity index (χ1n) is 10.2. The quantitative estimate of drug-likeness (QED) is 0.482. The van der Waals surface area contributed by atoms with E-state index in [-0.39, 0.29) is 6.04 Å². The van der Waals surface area contributed by atoms with Gasteiger partial charge in [-0.15, -0.1) is 0 Å². The number of nitrogens with zero attached hydrogens (tertiary/aromatic N) is 2. The molecular formula is C24H35N3. The number of guanidine groups is 1. The van der Waals surface area contributed by atoms with Gasteiger partial charge >= 0.3 is 0 Å². The third-order valence-corrected chi connectivity index (χ3v) is 4.54. The minimum Gasteiger partial charge on any atom is -0.353 e.